The van der Waals surface area contributed by atoms with Crippen LogP contribution < -0.4 is 5.73 Å². The number of halogens is 1. The minimum atomic E-state index is 0.365. The van der Waals surface area contributed by atoms with Crippen LogP contribution in [-0.2, 0) is 0 Å². The molecule has 2 atom stereocenters. The first kappa shape index (κ1) is 13.1. The van der Waals surface area contributed by atoms with Gasteiger partial charge in [0.2, 0.25) is 0 Å². The second-order valence-corrected chi connectivity index (χ2v) is 5.84. The number of benzene rings is 1. The highest BCUT2D eigenvalue weighted by Gasteiger charge is 2.27. The minimum Gasteiger partial charge on any atom is -0.329 e. The lowest BCUT2D eigenvalue weighted by Gasteiger charge is -2.31. The van der Waals surface area contributed by atoms with Gasteiger partial charge in [0.05, 0.1) is 0 Å². The zero-order valence-electron chi connectivity index (χ0n) is 10.6. The Bertz CT molecular complexity index is 392. The highest BCUT2D eigenvalue weighted by atomic mass is 79.9. The lowest BCUT2D eigenvalue weighted by molar-refractivity contribution is 0.195. The minimum absolute atomic E-state index is 0.365. The molecule has 0 radical (unpaired) electrons. The number of nitrogens with zero attached hydrogens (tertiary/aromatic N) is 1. The smallest absolute Gasteiger partial charge is 0.0473 e. The topological polar surface area (TPSA) is 29.3 Å². The number of aryl methyl sites for hydroxylation is 1. The van der Waals surface area contributed by atoms with Gasteiger partial charge in [0.1, 0.15) is 0 Å². The van der Waals surface area contributed by atoms with Gasteiger partial charge in [-0.15, -0.1) is 0 Å². The van der Waals surface area contributed by atoms with E-state index in [2.05, 4.69) is 52.9 Å². The summed E-state index contributed by atoms with van der Waals surface area (Å²) in [5, 5.41) is 0. The quantitative estimate of drug-likeness (QED) is 0.928. The first-order chi connectivity index (χ1) is 8.13. The van der Waals surface area contributed by atoms with Crippen molar-refractivity contribution >= 4 is 15.9 Å². The van der Waals surface area contributed by atoms with Crippen LogP contribution in [-0.4, -0.2) is 24.0 Å². The average molecular weight is 297 g/mol. The van der Waals surface area contributed by atoms with E-state index in [9.17, 15) is 0 Å². The largest absolute Gasteiger partial charge is 0.329 e. The molecular weight excluding hydrogens is 276 g/mol. The van der Waals surface area contributed by atoms with Gasteiger partial charge in [-0.1, -0.05) is 28.1 Å². The first-order valence-corrected chi connectivity index (χ1v) is 7.14. The molecule has 17 heavy (non-hydrogen) atoms. The molecule has 2 rings (SSSR count). The highest BCUT2D eigenvalue weighted by molar-refractivity contribution is 9.10. The van der Waals surface area contributed by atoms with Crippen LogP contribution in [0.3, 0.4) is 0 Å². The van der Waals surface area contributed by atoms with Gasteiger partial charge in [-0.25, -0.2) is 0 Å². The van der Waals surface area contributed by atoms with E-state index in [4.69, 9.17) is 5.73 Å². The lowest BCUT2D eigenvalue weighted by Crippen LogP contribution is -2.36. The normalized spacial score (nSPS) is 22.9. The monoisotopic (exact) mass is 296 g/mol. The van der Waals surface area contributed by atoms with Gasteiger partial charge in [0.15, 0.2) is 0 Å². The molecule has 0 aromatic heterocycles. The van der Waals surface area contributed by atoms with Crippen LogP contribution in [0.15, 0.2) is 22.7 Å². The Hall–Kier alpha value is -0.380. The Kier molecular flexibility index (Phi) is 4.23. The molecule has 1 heterocycles. The van der Waals surface area contributed by atoms with Gasteiger partial charge in [0.25, 0.3) is 0 Å². The summed E-state index contributed by atoms with van der Waals surface area (Å²) in [5.41, 5.74) is 8.59. The van der Waals surface area contributed by atoms with E-state index >= 15 is 0 Å². The average Bonchev–Trinajstić information content (AvgIpc) is 2.71. The fourth-order valence-electron chi connectivity index (χ4n) is 2.70. The maximum Gasteiger partial charge on any atom is 0.0473 e. The van der Waals surface area contributed by atoms with Crippen molar-refractivity contribution in [3.8, 4) is 0 Å². The molecule has 2 nitrogen and oxygen atoms in total. The van der Waals surface area contributed by atoms with Crippen LogP contribution in [0, 0.1) is 6.92 Å². The van der Waals surface area contributed by atoms with Crippen molar-refractivity contribution in [2.24, 2.45) is 5.73 Å². The molecule has 1 aliphatic rings. The van der Waals surface area contributed by atoms with E-state index in [0.29, 0.717) is 18.6 Å². The summed E-state index contributed by atoms with van der Waals surface area (Å²) < 4.78 is 1.18. The van der Waals surface area contributed by atoms with Gasteiger partial charge < -0.3 is 5.73 Å². The van der Waals surface area contributed by atoms with E-state index in [1.807, 2.05) is 0 Å². The molecule has 0 spiro atoms. The molecule has 1 aliphatic heterocycles. The number of nitrogens with two attached hydrogens (primary N) is 1. The first-order valence-electron chi connectivity index (χ1n) is 6.35. The van der Waals surface area contributed by atoms with Crippen molar-refractivity contribution in [2.45, 2.75) is 38.8 Å². The predicted molar refractivity (Wildman–Crippen MR) is 76.1 cm³/mol. The van der Waals surface area contributed by atoms with E-state index in [1.54, 1.807) is 0 Å². The molecule has 1 fully saturated rings. The zero-order valence-corrected chi connectivity index (χ0v) is 12.2. The van der Waals surface area contributed by atoms with Crippen molar-refractivity contribution in [1.29, 1.82) is 0 Å². The van der Waals surface area contributed by atoms with E-state index < -0.39 is 0 Å². The van der Waals surface area contributed by atoms with Crippen molar-refractivity contribution < 1.29 is 0 Å². The molecule has 94 valence electrons. The molecule has 3 heteroatoms. The summed E-state index contributed by atoms with van der Waals surface area (Å²) >= 11 is 3.61. The number of rotatable bonds is 3. The molecule has 1 saturated heterocycles. The van der Waals surface area contributed by atoms with Crippen LogP contribution in [0.25, 0.3) is 0 Å². The standard InChI is InChI=1S/C14H21BrN2/c1-10-5-6-12(8-13(10)15)14(9-16)17-7-3-4-11(17)2/h5-6,8,11,14H,3-4,7,9,16H2,1-2H3. The Morgan fingerprint density at radius 3 is 2.82 bits per heavy atom. The lowest BCUT2D eigenvalue weighted by atomic mass is 10.0. The highest BCUT2D eigenvalue weighted by Crippen LogP contribution is 2.30. The van der Waals surface area contributed by atoms with Crippen LogP contribution in [0.4, 0.5) is 0 Å². The third-order valence-electron chi connectivity index (χ3n) is 3.81. The molecule has 1 aromatic carbocycles. The fraction of sp³-hybridized carbons (Fsp3) is 0.571. The Morgan fingerprint density at radius 1 is 1.53 bits per heavy atom. The maximum absolute atomic E-state index is 5.98. The predicted octanol–water partition coefficient (Wildman–Crippen LogP) is 3.24. The molecule has 0 saturated carbocycles. The van der Waals surface area contributed by atoms with Gasteiger partial charge in [-0.2, -0.15) is 0 Å². The van der Waals surface area contributed by atoms with Gasteiger partial charge in [-0.3, -0.25) is 4.90 Å². The molecule has 1 aromatic rings. The number of hydrogen-bond acceptors (Lipinski definition) is 2. The number of hydrogen-bond donors (Lipinski definition) is 1. The summed E-state index contributed by atoms with van der Waals surface area (Å²) in [7, 11) is 0. The van der Waals surface area contributed by atoms with Crippen molar-refractivity contribution in [3.05, 3.63) is 33.8 Å². The van der Waals surface area contributed by atoms with Gasteiger partial charge in [0, 0.05) is 23.1 Å². The van der Waals surface area contributed by atoms with Crippen LogP contribution in [0.1, 0.15) is 36.9 Å². The van der Waals surface area contributed by atoms with E-state index in [1.165, 1.54) is 35.0 Å². The molecule has 2 unspecified atom stereocenters. The maximum atomic E-state index is 5.98. The van der Waals surface area contributed by atoms with Crippen molar-refractivity contribution in [3.63, 3.8) is 0 Å². The summed E-state index contributed by atoms with van der Waals surface area (Å²) in [6, 6.07) is 7.62. The Morgan fingerprint density at radius 2 is 2.29 bits per heavy atom. The zero-order chi connectivity index (χ0) is 12.4. The summed E-state index contributed by atoms with van der Waals surface area (Å²) in [6.45, 7) is 6.29. The molecular formula is C14H21BrN2. The third-order valence-corrected chi connectivity index (χ3v) is 4.66. The number of likely N-dealkylation sites (tertiary alicyclic amines) is 1. The molecule has 0 amide bonds. The second-order valence-electron chi connectivity index (χ2n) is 4.99. The molecule has 0 bridgehead atoms. The van der Waals surface area contributed by atoms with Crippen LogP contribution in [0.2, 0.25) is 0 Å². The summed E-state index contributed by atoms with van der Waals surface area (Å²) in [5.74, 6) is 0. The second kappa shape index (κ2) is 5.51. The van der Waals surface area contributed by atoms with E-state index in [-0.39, 0.29) is 0 Å². The fourth-order valence-corrected chi connectivity index (χ4v) is 3.09. The van der Waals surface area contributed by atoms with Crippen molar-refractivity contribution in [2.75, 3.05) is 13.1 Å². The SMILES string of the molecule is Cc1ccc(C(CN)N2CCCC2C)cc1Br. The van der Waals surface area contributed by atoms with Crippen molar-refractivity contribution in [1.82, 2.24) is 4.90 Å². The van der Waals surface area contributed by atoms with Gasteiger partial charge >= 0.3 is 0 Å². The molecule has 0 aliphatic carbocycles. The Labute approximate surface area is 112 Å². The summed E-state index contributed by atoms with van der Waals surface area (Å²) in [4.78, 5) is 2.54. The Balaban J connectivity index is 2.25. The molecule has 2 N–H and O–H groups in total. The van der Waals surface area contributed by atoms with E-state index in [0.717, 1.165) is 0 Å². The van der Waals surface area contributed by atoms with Crippen LogP contribution in [0.5, 0.6) is 0 Å². The van der Waals surface area contributed by atoms with Crippen LogP contribution >= 0.6 is 15.9 Å². The summed E-state index contributed by atoms with van der Waals surface area (Å²) in [6.07, 6.45) is 2.59. The van der Waals surface area contributed by atoms with Gasteiger partial charge in [-0.05, 0) is 50.4 Å². The third kappa shape index (κ3) is 2.72.